The second-order valence-electron chi connectivity index (χ2n) is 6.86. The molecule has 4 rings (SSSR count). The molecule has 2 aliphatic rings. The molecule has 0 unspecified atom stereocenters. The number of hydrogen-bond donors (Lipinski definition) is 1. The maximum Gasteiger partial charge on any atom is 0.338 e. The summed E-state index contributed by atoms with van der Waals surface area (Å²) in [4.78, 5) is 25.6. The van der Waals surface area contributed by atoms with Gasteiger partial charge in [0.05, 0.1) is 11.1 Å². The smallest absolute Gasteiger partial charge is 0.338 e. The SMILES string of the molecule is C[C@@H]1CCc2c(sc(NC(=O)COC(=O)c3ccc4c(c3)OCO4)c2C#N)C1. The Labute approximate surface area is 165 Å². The van der Waals surface area contributed by atoms with E-state index in [2.05, 4.69) is 18.3 Å². The molecule has 0 saturated carbocycles. The first-order valence-corrected chi connectivity index (χ1v) is 9.78. The molecular weight excluding hydrogens is 380 g/mol. The number of esters is 1. The molecule has 0 radical (unpaired) electrons. The van der Waals surface area contributed by atoms with Crippen LogP contribution < -0.4 is 14.8 Å². The van der Waals surface area contributed by atoms with Gasteiger partial charge in [-0.3, -0.25) is 4.79 Å². The number of hydrogen-bond acceptors (Lipinski definition) is 7. The van der Waals surface area contributed by atoms with Gasteiger partial charge in [-0.1, -0.05) is 6.92 Å². The van der Waals surface area contributed by atoms with Gasteiger partial charge >= 0.3 is 5.97 Å². The Hall–Kier alpha value is -3.05. The molecule has 0 bridgehead atoms. The zero-order valence-corrected chi connectivity index (χ0v) is 16.1. The highest BCUT2D eigenvalue weighted by Gasteiger charge is 2.25. The lowest BCUT2D eigenvalue weighted by Crippen LogP contribution is -2.20. The number of rotatable bonds is 4. The molecule has 7 nitrogen and oxygen atoms in total. The van der Waals surface area contributed by atoms with Crippen molar-refractivity contribution in [2.45, 2.75) is 26.2 Å². The molecule has 1 amide bonds. The topological polar surface area (TPSA) is 97.7 Å². The van der Waals surface area contributed by atoms with Gasteiger partial charge in [-0.05, 0) is 48.9 Å². The Balaban J connectivity index is 1.39. The molecule has 0 fully saturated rings. The number of ether oxygens (including phenoxy) is 3. The highest BCUT2D eigenvalue weighted by atomic mass is 32.1. The minimum atomic E-state index is -0.631. The third-order valence-electron chi connectivity index (χ3n) is 4.82. The van der Waals surface area contributed by atoms with Gasteiger partial charge in [0, 0.05) is 4.88 Å². The molecule has 2 heterocycles. The van der Waals surface area contributed by atoms with E-state index in [1.54, 1.807) is 12.1 Å². The maximum absolute atomic E-state index is 12.2. The predicted molar refractivity (Wildman–Crippen MR) is 102 cm³/mol. The average Bonchev–Trinajstić information content (AvgIpc) is 3.28. The fourth-order valence-electron chi connectivity index (χ4n) is 3.36. The molecule has 1 aromatic carbocycles. The Bertz CT molecular complexity index is 991. The first kappa shape index (κ1) is 18.3. The number of nitriles is 1. The van der Waals surface area contributed by atoms with Gasteiger partial charge < -0.3 is 19.5 Å². The van der Waals surface area contributed by atoms with Crippen molar-refractivity contribution in [2.75, 3.05) is 18.7 Å². The van der Waals surface area contributed by atoms with Gasteiger partial charge in [-0.25, -0.2) is 4.79 Å². The van der Waals surface area contributed by atoms with Crippen molar-refractivity contribution in [2.24, 2.45) is 5.92 Å². The summed E-state index contributed by atoms with van der Waals surface area (Å²) in [5, 5.41) is 12.7. The van der Waals surface area contributed by atoms with E-state index in [0.29, 0.717) is 28.0 Å². The quantitative estimate of drug-likeness (QED) is 0.794. The van der Waals surface area contributed by atoms with E-state index in [4.69, 9.17) is 14.2 Å². The summed E-state index contributed by atoms with van der Waals surface area (Å²) < 4.78 is 15.5. The second-order valence-corrected chi connectivity index (χ2v) is 7.97. The van der Waals surface area contributed by atoms with Crippen molar-refractivity contribution < 1.29 is 23.8 Å². The molecule has 8 heteroatoms. The van der Waals surface area contributed by atoms with Crippen molar-refractivity contribution in [3.8, 4) is 17.6 Å². The van der Waals surface area contributed by atoms with E-state index in [0.717, 1.165) is 29.7 Å². The van der Waals surface area contributed by atoms with Crippen molar-refractivity contribution >= 4 is 28.2 Å². The van der Waals surface area contributed by atoms with Crippen LogP contribution in [0.3, 0.4) is 0 Å². The van der Waals surface area contributed by atoms with Crippen LogP contribution in [0.2, 0.25) is 0 Å². The summed E-state index contributed by atoms with van der Waals surface area (Å²) in [6.45, 7) is 1.86. The second kappa shape index (κ2) is 7.52. The van der Waals surface area contributed by atoms with Crippen molar-refractivity contribution in [1.29, 1.82) is 5.26 Å². The minimum Gasteiger partial charge on any atom is -0.454 e. The minimum absolute atomic E-state index is 0.112. The van der Waals surface area contributed by atoms with Crippen LogP contribution in [-0.2, 0) is 22.4 Å². The lowest BCUT2D eigenvalue weighted by atomic mass is 9.89. The number of fused-ring (bicyclic) bond motifs is 2. The third kappa shape index (κ3) is 3.53. The molecule has 2 aromatic rings. The molecule has 144 valence electrons. The summed E-state index contributed by atoms with van der Waals surface area (Å²) in [7, 11) is 0. The first-order valence-electron chi connectivity index (χ1n) is 8.96. The van der Waals surface area contributed by atoms with Gasteiger partial charge in [-0.2, -0.15) is 5.26 Å². The third-order valence-corrected chi connectivity index (χ3v) is 5.99. The standard InChI is InChI=1S/C20H18N2O5S/c1-11-2-4-13-14(8-21)19(28-17(13)6-11)22-18(23)9-25-20(24)12-3-5-15-16(7-12)27-10-26-15/h3,5,7,11H,2,4,6,9-10H2,1H3,(H,22,23)/t11-/m1/s1. The lowest BCUT2D eigenvalue weighted by molar-refractivity contribution is -0.119. The summed E-state index contributed by atoms with van der Waals surface area (Å²) in [6.07, 6.45) is 2.81. The fourth-order valence-corrected chi connectivity index (χ4v) is 4.74. The largest absolute Gasteiger partial charge is 0.454 e. The monoisotopic (exact) mass is 398 g/mol. The van der Waals surface area contributed by atoms with E-state index in [-0.39, 0.29) is 12.4 Å². The van der Waals surface area contributed by atoms with E-state index in [1.807, 2.05) is 0 Å². The summed E-state index contributed by atoms with van der Waals surface area (Å²) >= 11 is 1.44. The highest BCUT2D eigenvalue weighted by Crippen LogP contribution is 2.39. The van der Waals surface area contributed by atoms with Gasteiger partial charge in [-0.15, -0.1) is 11.3 Å². The lowest BCUT2D eigenvalue weighted by Gasteiger charge is -2.17. The molecular formula is C20H18N2O5S. The van der Waals surface area contributed by atoms with Crippen LogP contribution in [0.4, 0.5) is 5.00 Å². The summed E-state index contributed by atoms with van der Waals surface area (Å²) in [5.41, 5.74) is 1.84. The van der Waals surface area contributed by atoms with Gasteiger partial charge in [0.2, 0.25) is 6.79 Å². The van der Waals surface area contributed by atoms with Crippen molar-refractivity contribution in [3.05, 3.63) is 39.8 Å². The number of thiophene rings is 1. The molecule has 1 aliphatic carbocycles. The van der Waals surface area contributed by atoms with E-state index in [1.165, 1.54) is 17.4 Å². The number of carbonyl (C=O) groups is 2. The number of carbonyl (C=O) groups excluding carboxylic acids is 2. The van der Waals surface area contributed by atoms with Crippen LogP contribution in [-0.4, -0.2) is 25.3 Å². The van der Waals surface area contributed by atoms with Crippen LogP contribution in [0.5, 0.6) is 11.5 Å². The van der Waals surface area contributed by atoms with Gasteiger partial charge in [0.25, 0.3) is 5.91 Å². The van der Waals surface area contributed by atoms with Crippen molar-refractivity contribution in [3.63, 3.8) is 0 Å². The molecule has 1 aromatic heterocycles. The Morgan fingerprint density at radius 2 is 2.18 bits per heavy atom. The number of amides is 1. The zero-order chi connectivity index (χ0) is 19.7. The molecule has 0 saturated heterocycles. The summed E-state index contributed by atoms with van der Waals surface area (Å²) in [5.74, 6) is 0.500. The fraction of sp³-hybridized carbons (Fsp3) is 0.350. The maximum atomic E-state index is 12.2. The summed E-state index contributed by atoms with van der Waals surface area (Å²) in [6, 6.07) is 6.89. The zero-order valence-electron chi connectivity index (χ0n) is 15.2. The normalized spacial score (nSPS) is 16.8. The number of benzene rings is 1. The molecule has 1 aliphatic heterocycles. The molecule has 28 heavy (non-hydrogen) atoms. The van der Waals surface area contributed by atoms with Crippen LogP contribution in [0, 0.1) is 17.2 Å². The number of nitrogens with one attached hydrogen (secondary N) is 1. The van der Waals surface area contributed by atoms with Gasteiger partial charge in [0.1, 0.15) is 11.1 Å². The molecule has 0 spiro atoms. The number of anilines is 1. The van der Waals surface area contributed by atoms with E-state index < -0.39 is 18.5 Å². The van der Waals surface area contributed by atoms with Crippen LogP contribution in [0.25, 0.3) is 0 Å². The Kier molecular flexibility index (Phi) is 4.92. The molecule has 1 atom stereocenters. The highest BCUT2D eigenvalue weighted by molar-refractivity contribution is 7.16. The number of nitrogens with zero attached hydrogens (tertiary/aromatic N) is 1. The van der Waals surface area contributed by atoms with Gasteiger partial charge in [0.15, 0.2) is 18.1 Å². The van der Waals surface area contributed by atoms with Crippen LogP contribution >= 0.6 is 11.3 Å². The van der Waals surface area contributed by atoms with Crippen LogP contribution in [0.15, 0.2) is 18.2 Å². The Morgan fingerprint density at radius 3 is 3.00 bits per heavy atom. The van der Waals surface area contributed by atoms with Crippen LogP contribution in [0.1, 0.15) is 39.7 Å². The van der Waals surface area contributed by atoms with Crippen molar-refractivity contribution in [1.82, 2.24) is 0 Å². The van der Waals surface area contributed by atoms with E-state index in [9.17, 15) is 14.9 Å². The predicted octanol–water partition coefficient (Wildman–Crippen LogP) is 3.27. The first-order chi connectivity index (χ1) is 13.5. The molecule has 1 N–H and O–H groups in total. The van der Waals surface area contributed by atoms with E-state index >= 15 is 0 Å². The Morgan fingerprint density at radius 1 is 1.36 bits per heavy atom. The average molecular weight is 398 g/mol.